The van der Waals surface area contributed by atoms with Crippen molar-refractivity contribution in [3.8, 4) is 11.8 Å². The van der Waals surface area contributed by atoms with Crippen molar-refractivity contribution in [2.45, 2.75) is 23.8 Å². The summed E-state index contributed by atoms with van der Waals surface area (Å²) in [5, 5.41) is 11.9. The maximum absolute atomic E-state index is 12.8. The fourth-order valence-corrected chi connectivity index (χ4v) is 4.47. The van der Waals surface area contributed by atoms with Gasteiger partial charge in [-0.2, -0.15) is 9.57 Å². The van der Waals surface area contributed by atoms with Gasteiger partial charge in [-0.1, -0.05) is 0 Å². The average molecular weight is 346 g/mol. The minimum absolute atomic E-state index is 0. The second-order valence-corrected chi connectivity index (χ2v) is 6.81. The van der Waals surface area contributed by atoms with Gasteiger partial charge in [-0.25, -0.2) is 8.42 Å². The van der Waals surface area contributed by atoms with E-state index < -0.39 is 10.0 Å². The largest absolute Gasteiger partial charge is 0.495 e. The predicted octanol–water partition coefficient (Wildman–Crippen LogP) is 1.36. The lowest BCUT2D eigenvalue weighted by Crippen LogP contribution is -2.40. The van der Waals surface area contributed by atoms with Gasteiger partial charge in [-0.3, -0.25) is 0 Å². The van der Waals surface area contributed by atoms with Crippen LogP contribution in [0, 0.1) is 11.3 Å². The summed E-state index contributed by atoms with van der Waals surface area (Å²) in [6.07, 6.45) is 1.70. The highest BCUT2D eigenvalue weighted by Crippen LogP contribution is 2.31. The molecule has 0 amide bonds. The Hall–Kier alpha value is -1.33. The van der Waals surface area contributed by atoms with Gasteiger partial charge in [0.15, 0.2) is 0 Å². The first-order chi connectivity index (χ1) is 10.0. The molecule has 1 aliphatic heterocycles. The summed E-state index contributed by atoms with van der Waals surface area (Å²) in [7, 11) is -0.401. The number of ether oxygens (including phenoxy) is 1. The molecule has 6 nitrogen and oxygen atoms in total. The topological polar surface area (TPSA) is 82.4 Å². The second kappa shape index (κ2) is 7.79. The van der Waals surface area contributed by atoms with Crippen LogP contribution in [-0.2, 0) is 10.0 Å². The lowest BCUT2D eigenvalue weighted by Gasteiger charge is -2.24. The molecule has 122 valence electrons. The Morgan fingerprint density at radius 3 is 2.82 bits per heavy atom. The zero-order valence-corrected chi connectivity index (χ0v) is 14.2. The number of likely N-dealkylation sites (N-methyl/N-ethyl adjacent to an activating group) is 1. The lowest BCUT2D eigenvalue weighted by molar-refractivity contribution is 0.370. The zero-order valence-electron chi connectivity index (χ0n) is 12.6. The van der Waals surface area contributed by atoms with Gasteiger partial charge in [0, 0.05) is 19.1 Å². The Kier molecular flexibility index (Phi) is 6.63. The first-order valence-corrected chi connectivity index (χ1v) is 8.23. The second-order valence-electron chi connectivity index (χ2n) is 4.95. The van der Waals surface area contributed by atoms with Crippen LogP contribution in [-0.4, -0.2) is 46.0 Å². The predicted molar refractivity (Wildman–Crippen MR) is 85.8 cm³/mol. The van der Waals surface area contributed by atoms with Crippen molar-refractivity contribution in [3.63, 3.8) is 0 Å². The van der Waals surface area contributed by atoms with E-state index in [0.29, 0.717) is 18.7 Å². The summed E-state index contributed by atoms with van der Waals surface area (Å²) in [6.45, 7) is 1.13. The number of halogens is 1. The molecule has 0 aromatic heterocycles. The van der Waals surface area contributed by atoms with E-state index >= 15 is 0 Å². The number of hydrogen-bond donors (Lipinski definition) is 1. The van der Waals surface area contributed by atoms with Crippen molar-refractivity contribution in [2.24, 2.45) is 0 Å². The average Bonchev–Trinajstić information content (AvgIpc) is 2.96. The van der Waals surface area contributed by atoms with Crippen LogP contribution in [0.2, 0.25) is 0 Å². The van der Waals surface area contributed by atoms with Gasteiger partial charge in [0.2, 0.25) is 10.0 Å². The fourth-order valence-electron chi connectivity index (χ4n) is 2.64. The van der Waals surface area contributed by atoms with Crippen LogP contribution in [0.15, 0.2) is 23.1 Å². The molecule has 0 saturated carbocycles. The third-order valence-electron chi connectivity index (χ3n) is 3.64. The van der Waals surface area contributed by atoms with Gasteiger partial charge in [-0.15, -0.1) is 12.4 Å². The monoisotopic (exact) mass is 345 g/mol. The normalized spacial score (nSPS) is 18.5. The third kappa shape index (κ3) is 3.52. The number of benzene rings is 1. The molecule has 2 rings (SSSR count). The van der Waals surface area contributed by atoms with Crippen LogP contribution in [0.25, 0.3) is 0 Å². The number of nitriles is 1. The molecule has 0 spiro atoms. The number of nitrogens with zero attached hydrogens (tertiary/aromatic N) is 2. The Labute approximate surface area is 137 Å². The van der Waals surface area contributed by atoms with Crippen molar-refractivity contribution in [3.05, 3.63) is 23.8 Å². The fraction of sp³-hybridized carbons (Fsp3) is 0.500. The summed E-state index contributed by atoms with van der Waals surface area (Å²) in [4.78, 5) is 0.118. The number of sulfonamides is 1. The van der Waals surface area contributed by atoms with E-state index in [2.05, 4.69) is 5.32 Å². The van der Waals surface area contributed by atoms with Gasteiger partial charge >= 0.3 is 0 Å². The van der Waals surface area contributed by atoms with Gasteiger partial charge < -0.3 is 10.1 Å². The molecular weight excluding hydrogens is 326 g/mol. The summed E-state index contributed by atoms with van der Waals surface area (Å²) in [5.74, 6) is 0.212. The summed E-state index contributed by atoms with van der Waals surface area (Å²) in [6, 6.07) is 6.34. The van der Waals surface area contributed by atoms with Crippen molar-refractivity contribution in [1.82, 2.24) is 9.62 Å². The van der Waals surface area contributed by atoms with E-state index in [1.807, 2.05) is 13.1 Å². The summed E-state index contributed by atoms with van der Waals surface area (Å²) in [5.41, 5.74) is 0.374. The molecule has 1 aromatic carbocycles. The molecule has 0 bridgehead atoms. The van der Waals surface area contributed by atoms with E-state index in [9.17, 15) is 8.42 Å². The zero-order chi connectivity index (χ0) is 15.5. The molecule has 0 radical (unpaired) electrons. The van der Waals surface area contributed by atoms with Crippen LogP contribution in [0.3, 0.4) is 0 Å². The van der Waals surface area contributed by atoms with E-state index in [1.54, 1.807) is 0 Å². The van der Waals surface area contributed by atoms with Crippen molar-refractivity contribution < 1.29 is 13.2 Å². The molecule has 1 heterocycles. The summed E-state index contributed by atoms with van der Waals surface area (Å²) >= 11 is 0. The highest BCUT2D eigenvalue weighted by Gasteiger charge is 2.36. The SMILES string of the molecule is CNCC1CCCN1S(=O)(=O)c1ccc(C#N)cc1OC.Cl. The first kappa shape index (κ1) is 18.7. The lowest BCUT2D eigenvalue weighted by atomic mass is 10.2. The molecule has 1 N–H and O–H groups in total. The minimum atomic E-state index is -3.62. The maximum atomic E-state index is 12.8. The smallest absolute Gasteiger partial charge is 0.247 e. The molecule has 1 aliphatic rings. The Morgan fingerprint density at radius 2 is 2.23 bits per heavy atom. The van der Waals surface area contributed by atoms with Crippen molar-refractivity contribution in [1.29, 1.82) is 5.26 Å². The standard InChI is InChI=1S/C14H19N3O3S.ClH/c1-16-10-12-4-3-7-17(12)21(18,19)14-6-5-11(9-15)8-13(14)20-2;/h5-6,8,12,16H,3-4,7,10H2,1-2H3;1H. The van der Waals surface area contributed by atoms with Crippen LogP contribution in [0.4, 0.5) is 0 Å². The third-order valence-corrected chi connectivity index (χ3v) is 5.63. The van der Waals surface area contributed by atoms with Gasteiger partial charge in [-0.05, 0) is 38.1 Å². The Morgan fingerprint density at radius 1 is 1.50 bits per heavy atom. The highest BCUT2D eigenvalue weighted by atomic mass is 35.5. The van der Waals surface area contributed by atoms with Crippen LogP contribution in [0.5, 0.6) is 5.75 Å². The minimum Gasteiger partial charge on any atom is -0.495 e. The van der Waals surface area contributed by atoms with E-state index in [-0.39, 0.29) is 29.1 Å². The number of nitrogens with one attached hydrogen (secondary N) is 1. The molecule has 1 aromatic rings. The molecule has 8 heteroatoms. The maximum Gasteiger partial charge on any atom is 0.247 e. The number of methoxy groups -OCH3 is 1. The Balaban J connectivity index is 0.00000242. The molecule has 22 heavy (non-hydrogen) atoms. The number of hydrogen-bond acceptors (Lipinski definition) is 5. The van der Waals surface area contributed by atoms with E-state index in [1.165, 1.54) is 29.6 Å². The quantitative estimate of drug-likeness (QED) is 0.871. The van der Waals surface area contributed by atoms with E-state index in [4.69, 9.17) is 10.00 Å². The molecule has 1 fully saturated rings. The molecule has 1 saturated heterocycles. The molecule has 1 unspecified atom stereocenters. The van der Waals surface area contributed by atoms with Crippen LogP contribution >= 0.6 is 12.4 Å². The van der Waals surface area contributed by atoms with Crippen molar-refractivity contribution in [2.75, 3.05) is 27.2 Å². The molecule has 0 aliphatic carbocycles. The van der Waals surface area contributed by atoms with Crippen molar-refractivity contribution >= 4 is 22.4 Å². The van der Waals surface area contributed by atoms with Gasteiger partial charge in [0.25, 0.3) is 0 Å². The molecule has 1 atom stereocenters. The Bertz CT molecular complexity index is 658. The van der Waals surface area contributed by atoms with Gasteiger partial charge in [0.1, 0.15) is 10.6 Å². The van der Waals surface area contributed by atoms with Crippen LogP contribution < -0.4 is 10.1 Å². The van der Waals surface area contributed by atoms with Gasteiger partial charge in [0.05, 0.1) is 18.7 Å². The first-order valence-electron chi connectivity index (χ1n) is 6.79. The number of rotatable bonds is 5. The highest BCUT2D eigenvalue weighted by molar-refractivity contribution is 7.89. The summed E-state index contributed by atoms with van der Waals surface area (Å²) < 4.78 is 32.3. The van der Waals surface area contributed by atoms with E-state index in [0.717, 1.165) is 12.8 Å². The molecular formula is C14H20ClN3O3S. The van der Waals surface area contributed by atoms with Crippen LogP contribution in [0.1, 0.15) is 18.4 Å².